The third kappa shape index (κ3) is 2.94. The van der Waals surface area contributed by atoms with Crippen LogP contribution in [0.25, 0.3) is 5.69 Å². The van der Waals surface area contributed by atoms with E-state index in [1.54, 1.807) is 27.6 Å². The van der Waals surface area contributed by atoms with Crippen LogP contribution in [0.5, 0.6) is 0 Å². The quantitative estimate of drug-likeness (QED) is 0.802. The summed E-state index contributed by atoms with van der Waals surface area (Å²) in [6, 6.07) is 3.34. The van der Waals surface area contributed by atoms with Gasteiger partial charge in [-0.05, 0) is 40.2 Å². The van der Waals surface area contributed by atoms with E-state index in [4.69, 9.17) is 9.31 Å². The Bertz CT molecular complexity index is 778. The number of hydrogen-bond donors (Lipinski definition) is 0. The average Bonchev–Trinajstić information content (AvgIpc) is 3.05. The molecule has 0 unspecified atom stereocenters. The molecule has 1 saturated heterocycles. The average molecular weight is 329 g/mol. The first kappa shape index (κ1) is 17.0. The van der Waals surface area contributed by atoms with Crippen molar-refractivity contribution < 1.29 is 9.31 Å². The van der Waals surface area contributed by atoms with Gasteiger partial charge in [-0.1, -0.05) is 6.92 Å². The molecule has 6 nitrogen and oxygen atoms in total. The van der Waals surface area contributed by atoms with Crippen molar-refractivity contribution in [3.63, 3.8) is 0 Å². The number of rotatable bonds is 4. The molecule has 0 aromatic carbocycles. The van der Waals surface area contributed by atoms with Gasteiger partial charge in [0.15, 0.2) is 0 Å². The fraction of sp³-hybridized carbons (Fsp3) is 0.529. The van der Waals surface area contributed by atoms with Gasteiger partial charge in [0, 0.05) is 36.7 Å². The van der Waals surface area contributed by atoms with E-state index in [0.717, 1.165) is 17.6 Å². The molecule has 0 radical (unpaired) electrons. The Hall–Kier alpha value is -1.86. The molecule has 0 saturated carbocycles. The fourth-order valence-corrected chi connectivity index (χ4v) is 2.65. The van der Waals surface area contributed by atoms with Crippen LogP contribution in [0.4, 0.5) is 0 Å². The van der Waals surface area contributed by atoms with Gasteiger partial charge in [-0.25, -0.2) is 4.68 Å². The second kappa shape index (κ2) is 5.90. The maximum Gasteiger partial charge on any atom is 0.498 e. The highest BCUT2D eigenvalue weighted by atomic mass is 16.7. The first-order chi connectivity index (χ1) is 11.2. The third-order valence-electron chi connectivity index (χ3n) is 4.82. The van der Waals surface area contributed by atoms with Gasteiger partial charge in [0.05, 0.1) is 16.9 Å². The number of nitrogens with zero attached hydrogens (tertiary/aromatic N) is 3. The van der Waals surface area contributed by atoms with Crippen LogP contribution in [0.2, 0.25) is 0 Å². The van der Waals surface area contributed by atoms with E-state index in [1.807, 2.05) is 47.0 Å². The zero-order valence-electron chi connectivity index (χ0n) is 14.9. The van der Waals surface area contributed by atoms with E-state index in [2.05, 4.69) is 5.10 Å². The van der Waals surface area contributed by atoms with Gasteiger partial charge < -0.3 is 13.9 Å². The maximum atomic E-state index is 11.8. The lowest BCUT2D eigenvalue weighted by Gasteiger charge is -2.32. The minimum absolute atomic E-state index is 0.000983. The predicted molar refractivity (Wildman–Crippen MR) is 93.8 cm³/mol. The molecular weight excluding hydrogens is 305 g/mol. The van der Waals surface area contributed by atoms with Crippen molar-refractivity contribution in [3.05, 3.63) is 41.1 Å². The van der Waals surface area contributed by atoms with Crippen molar-refractivity contribution in [1.82, 2.24) is 14.3 Å². The molecule has 0 atom stereocenters. The molecule has 3 heterocycles. The van der Waals surface area contributed by atoms with Crippen LogP contribution in [0.3, 0.4) is 0 Å². The fourth-order valence-electron chi connectivity index (χ4n) is 2.65. The molecule has 3 rings (SSSR count). The highest BCUT2D eigenvalue weighted by Crippen LogP contribution is 2.36. The number of pyridine rings is 1. The highest BCUT2D eigenvalue weighted by molar-refractivity contribution is 6.62. The summed E-state index contributed by atoms with van der Waals surface area (Å²) in [6.07, 6.45) is 6.37. The van der Waals surface area contributed by atoms with Crippen molar-refractivity contribution in [1.29, 1.82) is 0 Å². The summed E-state index contributed by atoms with van der Waals surface area (Å²) in [5, 5.41) is 4.40. The Morgan fingerprint density at radius 3 is 2.42 bits per heavy atom. The molecule has 1 aliphatic heterocycles. The van der Waals surface area contributed by atoms with Gasteiger partial charge in [0.2, 0.25) is 0 Å². The van der Waals surface area contributed by atoms with Crippen molar-refractivity contribution in [2.75, 3.05) is 0 Å². The molecule has 24 heavy (non-hydrogen) atoms. The monoisotopic (exact) mass is 329 g/mol. The van der Waals surface area contributed by atoms with Gasteiger partial charge in [-0.15, -0.1) is 0 Å². The van der Waals surface area contributed by atoms with Gasteiger partial charge in [-0.3, -0.25) is 4.79 Å². The number of hydrogen-bond acceptors (Lipinski definition) is 4. The van der Waals surface area contributed by atoms with Crippen LogP contribution in [0.15, 0.2) is 35.5 Å². The van der Waals surface area contributed by atoms with Gasteiger partial charge >= 0.3 is 7.12 Å². The molecule has 0 N–H and O–H groups in total. The maximum absolute atomic E-state index is 11.8. The second-order valence-electron chi connectivity index (χ2n) is 7.23. The summed E-state index contributed by atoms with van der Waals surface area (Å²) >= 11 is 0. The lowest BCUT2D eigenvalue weighted by atomic mass is 9.82. The third-order valence-corrected chi connectivity index (χ3v) is 4.82. The lowest BCUT2D eigenvalue weighted by molar-refractivity contribution is 0.00578. The molecule has 0 bridgehead atoms. The predicted octanol–water partition coefficient (Wildman–Crippen LogP) is 1.74. The minimum atomic E-state index is -0.440. The summed E-state index contributed by atoms with van der Waals surface area (Å²) < 4.78 is 15.5. The summed E-state index contributed by atoms with van der Waals surface area (Å²) in [4.78, 5) is 11.8. The largest absolute Gasteiger partial charge is 0.498 e. The van der Waals surface area contributed by atoms with Gasteiger partial charge in [0.25, 0.3) is 5.56 Å². The Morgan fingerprint density at radius 1 is 1.12 bits per heavy atom. The lowest BCUT2D eigenvalue weighted by Crippen LogP contribution is -2.41. The van der Waals surface area contributed by atoms with E-state index in [9.17, 15) is 4.79 Å². The van der Waals surface area contributed by atoms with E-state index < -0.39 is 7.12 Å². The van der Waals surface area contributed by atoms with Crippen molar-refractivity contribution in [3.8, 4) is 5.69 Å². The van der Waals surface area contributed by atoms with Crippen molar-refractivity contribution in [2.24, 2.45) is 0 Å². The molecule has 2 aromatic rings. The van der Waals surface area contributed by atoms with Gasteiger partial charge in [-0.2, -0.15) is 5.10 Å². The SMILES string of the molecule is CCCn1cc(-n2cc(B3OC(C)(C)C(C)(C)O3)cn2)ccc1=O. The van der Waals surface area contributed by atoms with Crippen LogP contribution >= 0.6 is 0 Å². The Morgan fingerprint density at radius 2 is 1.79 bits per heavy atom. The molecule has 0 spiro atoms. The topological polar surface area (TPSA) is 58.3 Å². The zero-order valence-corrected chi connectivity index (χ0v) is 14.9. The van der Waals surface area contributed by atoms with Crippen LogP contribution < -0.4 is 11.0 Å². The molecule has 128 valence electrons. The first-order valence-electron chi connectivity index (χ1n) is 8.34. The molecule has 0 aliphatic carbocycles. The molecule has 1 fully saturated rings. The van der Waals surface area contributed by atoms with E-state index in [-0.39, 0.29) is 16.8 Å². The number of aryl methyl sites for hydroxylation is 1. The van der Waals surface area contributed by atoms with Crippen molar-refractivity contribution in [2.45, 2.75) is 58.8 Å². The summed E-state index contributed by atoms with van der Waals surface area (Å²) in [6.45, 7) is 10.8. The van der Waals surface area contributed by atoms with Crippen LogP contribution in [-0.2, 0) is 15.9 Å². The second-order valence-corrected chi connectivity index (χ2v) is 7.23. The van der Waals surface area contributed by atoms with Crippen LogP contribution in [0.1, 0.15) is 41.0 Å². The number of aromatic nitrogens is 3. The molecule has 7 heteroatoms. The summed E-state index contributed by atoms with van der Waals surface area (Å²) in [7, 11) is -0.440. The summed E-state index contributed by atoms with van der Waals surface area (Å²) in [5.41, 5.74) is 0.939. The molecule has 0 amide bonds. The Kier molecular flexibility index (Phi) is 4.17. The molecular formula is C17H24BN3O3. The molecule has 2 aromatic heterocycles. The molecule has 1 aliphatic rings. The smallest absolute Gasteiger partial charge is 0.399 e. The van der Waals surface area contributed by atoms with E-state index in [0.29, 0.717) is 6.54 Å². The minimum Gasteiger partial charge on any atom is -0.399 e. The normalized spacial score (nSPS) is 19.0. The van der Waals surface area contributed by atoms with Crippen molar-refractivity contribution >= 4 is 12.6 Å². The zero-order chi connectivity index (χ0) is 17.5. The standard InChI is InChI=1S/C17H24BN3O3/c1-6-9-20-12-14(7-8-15(20)22)21-11-13(10-19-21)18-23-16(2,3)17(4,5)24-18/h7-8,10-12H,6,9H2,1-5H3. The highest BCUT2D eigenvalue weighted by Gasteiger charge is 2.52. The summed E-state index contributed by atoms with van der Waals surface area (Å²) in [5.74, 6) is 0. The van der Waals surface area contributed by atoms with Gasteiger partial charge in [0.1, 0.15) is 0 Å². The van der Waals surface area contributed by atoms with Crippen LogP contribution in [0, 0.1) is 0 Å². The van der Waals surface area contributed by atoms with E-state index >= 15 is 0 Å². The Balaban J connectivity index is 1.87. The van der Waals surface area contributed by atoms with E-state index in [1.165, 1.54) is 0 Å². The first-order valence-corrected chi connectivity index (χ1v) is 8.34. The van der Waals surface area contributed by atoms with Crippen LogP contribution in [-0.4, -0.2) is 32.7 Å². The Labute approximate surface area is 142 Å².